The molecule has 2 atom stereocenters. The van der Waals surface area contributed by atoms with E-state index in [2.05, 4.69) is 38.8 Å². The second-order valence-corrected chi connectivity index (χ2v) is 16.1. The number of fused-ring (bicyclic) bond motifs is 3. The fraction of sp³-hybridized carbons (Fsp3) is 0.538. The van der Waals surface area contributed by atoms with Crippen LogP contribution in [0.4, 0.5) is 4.79 Å². The third-order valence-electron chi connectivity index (χ3n) is 6.43. The number of nitrogens with zero attached hydrogens (tertiary/aromatic N) is 2. The van der Waals surface area contributed by atoms with Crippen molar-refractivity contribution < 1.29 is 24.2 Å². The van der Waals surface area contributed by atoms with Gasteiger partial charge < -0.3 is 19.4 Å². The molecule has 2 heterocycles. The molecule has 2 N–H and O–H groups in total. The first-order valence-corrected chi connectivity index (χ1v) is 14.7. The Hall–Kier alpha value is -2.26. The number of carbonyl (C=O) groups excluding carboxylic acids is 1. The van der Waals surface area contributed by atoms with Crippen LogP contribution in [0, 0.1) is 0 Å². The van der Waals surface area contributed by atoms with E-state index in [1.807, 2.05) is 51.1 Å². The van der Waals surface area contributed by atoms with Gasteiger partial charge in [-0.05, 0) is 51.0 Å². The smallest absolute Gasteiger partial charge is 0.419 e. The average molecular weight is 487 g/mol. The van der Waals surface area contributed by atoms with Gasteiger partial charge >= 0.3 is 6.09 Å². The highest BCUT2D eigenvalue weighted by atomic mass is 28.4. The van der Waals surface area contributed by atoms with Crippen molar-refractivity contribution in [2.75, 3.05) is 6.61 Å². The molecule has 2 aromatic heterocycles. The van der Waals surface area contributed by atoms with Crippen LogP contribution < -0.4 is 0 Å². The van der Waals surface area contributed by atoms with Gasteiger partial charge in [-0.3, -0.25) is 4.98 Å². The highest BCUT2D eigenvalue weighted by Gasteiger charge is 2.41. The predicted octanol–water partition coefficient (Wildman–Crippen LogP) is 5.78. The fourth-order valence-corrected chi connectivity index (χ4v) is 5.01. The minimum atomic E-state index is -2.30. The third kappa shape index (κ3) is 5.35. The predicted molar refractivity (Wildman–Crippen MR) is 138 cm³/mol. The molecule has 0 spiro atoms. The van der Waals surface area contributed by atoms with Crippen LogP contribution in [0.2, 0.25) is 18.1 Å². The minimum Gasteiger partial charge on any atom is -0.443 e. The van der Waals surface area contributed by atoms with Crippen molar-refractivity contribution in [3.63, 3.8) is 0 Å². The number of para-hydroxylation sites is 1. The monoisotopic (exact) mass is 486 g/mol. The van der Waals surface area contributed by atoms with Gasteiger partial charge in [0.15, 0.2) is 8.32 Å². The number of pyridine rings is 1. The number of carbonyl (C=O) groups is 1. The van der Waals surface area contributed by atoms with Gasteiger partial charge in [-0.15, -0.1) is 0 Å². The summed E-state index contributed by atoms with van der Waals surface area (Å²) in [5.41, 5.74) is 1.19. The van der Waals surface area contributed by atoms with Gasteiger partial charge in [0.2, 0.25) is 0 Å². The Balaban J connectivity index is 2.30. The van der Waals surface area contributed by atoms with Crippen LogP contribution in [0.25, 0.3) is 21.8 Å². The number of aliphatic hydroxyl groups is 2. The first kappa shape index (κ1) is 26.3. The van der Waals surface area contributed by atoms with Crippen LogP contribution in [-0.2, 0) is 9.16 Å². The summed E-state index contributed by atoms with van der Waals surface area (Å²) in [5.74, 6) is 0. The molecule has 34 heavy (non-hydrogen) atoms. The van der Waals surface area contributed by atoms with Gasteiger partial charge in [0.25, 0.3) is 0 Å². The summed E-state index contributed by atoms with van der Waals surface area (Å²) in [4.78, 5) is 18.1. The SMILES string of the molecule is CC(C)(C)OC(=O)n1c2ccccc2c2ccnc(C(CC(O)CO)O[Si](C)(C)C(C)(C)C)c21. The topological polar surface area (TPSA) is 93.8 Å². The Kier molecular flexibility index (Phi) is 7.29. The second-order valence-electron chi connectivity index (χ2n) is 11.4. The number of rotatable bonds is 6. The van der Waals surface area contributed by atoms with Gasteiger partial charge in [-0.2, -0.15) is 0 Å². The molecule has 0 amide bonds. The van der Waals surface area contributed by atoms with Crippen molar-refractivity contribution in [1.29, 1.82) is 0 Å². The molecule has 0 radical (unpaired) electrons. The van der Waals surface area contributed by atoms with E-state index >= 15 is 0 Å². The van der Waals surface area contributed by atoms with Crippen molar-refractivity contribution in [2.24, 2.45) is 0 Å². The Morgan fingerprint density at radius 2 is 1.74 bits per heavy atom. The van der Waals surface area contributed by atoms with Crippen LogP contribution in [0.15, 0.2) is 36.5 Å². The zero-order valence-electron chi connectivity index (χ0n) is 21.5. The summed E-state index contributed by atoms with van der Waals surface area (Å²) in [7, 11) is -2.30. The Morgan fingerprint density at radius 3 is 2.32 bits per heavy atom. The molecule has 1 aromatic carbocycles. The summed E-state index contributed by atoms with van der Waals surface area (Å²) >= 11 is 0. The van der Waals surface area contributed by atoms with E-state index < -0.39 is 32.2 Å². The lowest BCUT2D eigenvalue weighted by Gasteiger charge is -2.39. The van der Waals surface area contributed by atoms with E-state index in [4.69, 9.17) is 9.16 Å². The molecule has 0 aliphatic carbocycles. The maximum absolute atomic E-state index is 13.4. The summed E-state index contributed by atoms with van der Waals surface area (Å²) < 4.78 is 14.1. The normalized spacial score (nSPS) is 15.0. The maximum Gasteiger partial charge on any atom is 0.419 e. The first-order valence-electron chi connectivity index (χ1n) is 11.7. The van der Waals surface area contributed by atoms with Gasteiger partial charge in [-0.25, -0.2) is 9.36 Å². The lowest BCUT2D eigenvalue weighted by atomic mass is 10.1. The van der Waals surface area contributed by atoms with Gasteiger partial charge in [0.05, 0.1) is 35.5 Å². The maximum atomic E-state index is 13.4. The molecule has 0 bridgehead atoms. The van der Waals surface area contributed by atoms with Crippen molar-refractivity contribution in [3.05, 3.63) is 42.2 Å². The highest BCUT2D eigenvalue weighted by molar-refractivity contribution is 6.74. The molecule has 0 saturated carbocycles. The van der Waals surface area contributed by atoms with E-state index in [1.54, 1.807) is 10.8 Å². The second kappa shape index (κ2) is 9.41. The lowest BCUT2D eigenvalue weighted by molar-refractivity contribution is 0.0441. The van der Waals surface area contributed by atoms with Gasteiger partial charge in [0, 0.05) is 23.4 Å². The first-order chi connectivity index (χ1) is 15.7. The molecule has 8 heteroatoms. The van der Waals surface area contributed by atoms with Crippen molar-refractivity contribution in [1.82, 2.24) is 9.55 Å². The highest BCUT2D eigenvalue weighted by Crippen LogP contribution is 2.42. The van der Waals surface area contributed by atoms with Crippen LogP contribution in [0.3, 0.4) is 0 Å². The molecule has 186 valence electrons. The van der Waals surface area contributed by atoms with Crippen molar-refractivity contribution in [2.45, 2.75) is 83.9 Å². The zero-order chi connectivity index (χ0) is 25.5. The number of hydrogen-bond acceptors (Lipinski definition) is 6. The molecular weight excluding hydrogens is 448 g/mol. The molecule has 0 saturated heterocycles. The van der Waals surface area contributed by atoms with E-state index in [9.17, 15) is 15.0 Å². The summed E-state index contributed by atoms with van der Waals surface area (Å²) in [6.45, 7) is 15.8. The lowest BCUT2D eigenvalue weighted by Crippen LogP contribution is -2.42. The minimum absolute atomic E-state index is 0.0822. The summed E-state index contributed by atoms with van der Waals surface area (Å²) in [6, 6.07) is 9.55. The van der Waals surface area contributed by atoms with Crippen molar-refractivity contribution in [3.8, 4) is 0 Å². The van der Waals surface area contributed by atoms with Gasteiger partial charge in [-0.1, -0.05) is 39.0 Å². The van der Waals surface area contributed by atoms with E-state index in [1.165, 1.54) is 0 Å². The van der Waals surface area contributed by atoms with E-state index in [0.717, 1.165) is 16.3 Å². The number of hydrogen-bond donors (Lipinski definition) is 2. The number of aliphatic hydroxyl groups excluding tert-OH is 2. The Bertz CT molecular complexity index is 1170. The van der Waals surface area contributed by atoms with Gasteiger partial charge in [0.1, 0.15) is 5.60 Å². The molecule has 0 aliphatic heterocycles. The van der Waals surface area contributed by atoms with Crippen LogP contribution in [0.1, 0.15) is 59.8 Å². The Morgan fingerprint density at radius 1 is 1.09 bits per heavy atom. The molecule has 0 aliphatic rings. The summed E-state index contributed by atoms with van der Waals surface area (Å²) in [6.07, 6.45) is -0.230. The van der Waals surface area contributed by atoms with Crippen LogP contribution in [-0.4, -0.2) is 52.5 Å². The van der Waals surface area contributed by atoms with Crippen molar-refractivity contribution >= 4 is 36.2 Å². The molecule has 3 aromatic rings. The van der Waals surface area contributed by atoms with E-state index in [0.29, 0.717) is 11.2 Å². The summed E-state index contributed by atoms with van der Waals surface area (Å²) in [5, 5.41) is 21.7. The Labute approximate surface area is 202 Å². The standard InChI is InChI=1S/C26H38N2O5Si/c1-25(2,3)32-24(31)28-20-12-10-9-11-18(20)19-13-14-27-22(23(19)28)21(15-17(30)16-29)33-34(7,8)26(4,5)6/h9-14,17,21,29-30H,15-16H2,1-8H3. The fourth-order valence-electron chi connectivity index (χ4n) is 3.74. The van der Waals surface area contributed by atoms with Crippen LogP contribution in [0.5, 0.6) is 0 Å². The number of benzene rings is 1. The average Bonchev–Trinajstić information content (AvgIpc) is 3.05. The quantitative estimate of drug-likeness (QED) is 0.429. The molecule has 0 fully saturated rings. The molecule has 7 nitrogen and oxygen atoms in total. The number of ether oxygens (including phenoxy) is 1. The molecular formula is C26H38N2O5Si. The third-order valence-corrected chi connectivity index (χ3v) is 10.9. The van der Waals surface area contributed by atoms with Crippen LogP contribution >= 0.6 is 0 Å². The molecule has 3 rings (SSSR count). The molecule has 2 unspecified atom stereocenters. The zero-order valence-corrected chi connectivity index (χ0v) is 22.5. The number of aromatic nitrogens is 2. The van der Waals surface area contributed by atoms with E-state index in [-0.39, 0.29) is 18.1 Å². The largest absolute Gasteiger partial charge is 0.443 e.